The van der Waals surface area contributed by atoms with Gasteiger partial charge in [0.2, 0.25) is 11.8 Å². The van der Waals surface area contributed by atoms with Gasteiger partial charge in [-0.15, -0.1) is 0 Å². The Morgan fingerprint density at radius 2 is 1.85 bits per heavy atom. The Labute approximate surface area is 242 Å². The number of hydrogen-bond acceptors (Lipinski definition) is 5. The maximum Gasteiger partial charge on any atom is 0.240 e. The Hall–Kier alpha value is -3.62. The molecule has 3 N–H and O–H groups in total. The number of carbonyl (C=O) groups excluding carboxylic acids is 2. The zero-order valence-electron chi connectivity index (χ0n) is 22.5. The largest absolute Gasteiger partial charge is 0.368 e. The summed E-state index contributed by atoms with van der Waals surface area (Å²) in [5, 5.41) is 12.7. The maximum absolute atomic E-state index is 13.0. The van der Waals surface area contributed by atoms with Gasteiger partial charge in [-0.2, -0.15) is 5.10 Å². The van der Waals surface area contributed by atoms with Crippen molar-refractivity contribution in [2.24, 2.45) is 17.1 Å². The number of hydrogen-bond donors (Lipinski definition) is 2. The van der Waals surface area contributed by atoms with Crippen LogP contribution in [0.5, 0.6) is 0 Å². The van der Waals surface area contributed by atoms with Crippen LogP contribution in [0.25, 0.3) is 17.1 Å². The standard InChI is InChI=1S/C30H31Cl2N5O3/c1-17-11-25(36-40-17)24-16-27(37(35-24)20-9-10-22(31)23(32)15-20)21-13-19(30(21,2)3)14-28(38)34-26(29(33)39)12-18-7-5-4-6-8-18/h4-11,15-16,19,21,26H,12-14H2,1-3H3,(H2,33,39)(H,34,38)/t19-,21+,26+/m1/s1. The number of carbonyl (C=O) groups is 2. The SMILES string of the molecule is Cc1cc(-c2cc([C@@H]3C[C@H](CC(=O)N[C@@H](Cc4ccccc4)C(N)=O)C3(C)C)n(-c3ccc(Cl)c(Cl)c3)n2)no1. The maximum atomic E-state index is 13.0. The van der Waals surface area contributed by atoms with Crippen molar-refractivity contribution in [2.75, 3.05) is 0 Å². The molecular formula is C30H31Cl2N5O3. The van der Waals surface area contributed by atoms with Crippen molar-refractivity contribution < 1.29 is 14.1 Å². The zero-order chi connectivity index (χ0) is 28.6. The minimum atomic E-state index is -0.765. The average molecular weight is 581 g/mol. The molecule has 10 heteroatoms. The third-order valence-corrected chi connectivity index (χ3v) is 8.73. The van der Waals surface area contributed by atoms with Gasteiger partial charge in [0.1, 0.15) is 23.2 Å². The molecule has 5 rings (SSSR count). The average Bonchev–Trinajstić information content (AvgIpc) is 3.54. The Morgan fingerprint density at radius 3 is 2.48 bits per heavy atom. The Morgan fingerprint density at radius 1 is 1.10 bits per heavy atom. The van der Waals surface area contributed by atoms with Crippen LogP contribution in [-0.4, -0.2) is 32.8 Å². The summed E-state index contributed by atoms with van der Waals surface area (Å²) in [6.07, 6.45) is 1.41. The highest BCUT2D eigenvalue weighted by atomic mass is 35.5. The van der Waals surface area contributed by atoms with Crippen molar-refractivity contribution in [1.29, 1.82) is 0 Å². The summed E-state index contributed by atoms with van der Waals surface area (Å²) in [5.41, 5.74) is 9.39. The fraction of sp³-hybridized carbons (Fsp3) is 0.333. The number of nitrogens with two attached hydrogens (primary N) is 1. The van der Waals surface area contributed by atoms with Crippen LogP contribution in [0.15, 0.2) is 65.2 Å². The number of halogens is 2. The highest BCUT2D eigenvalue weighted by Gasteiger charge is 2.50. The van der Waals surface area contributed by atoms with E-state index in [2.05, 4.69) is 24.3 Å². The normalized spacial score (nSPS) is 18.6. The summed E-state index contributed by atoms with van der Waals surface area (Å²) in [7, 11) is 0. The second kappa shape index (κ2) is 11.1. The molecule has 1 fully saturated rings. The number of amides is 2. The fourth-order valence-electron chi connectivity index (χ4n) is 5.49. The van der Waals surface area contributed by atoms with Gasteiger partial charge in [0, 0.05) is 30.5 Å². The van der Waals surface area contributed by atoms with Gasteiger partial charge in [-0.05, 0) is 54.5 Å². The highest BCUT2D eigenvalue weighted by molar-refractivity contribution is 6.42. The van der Waals surface area contributed by atoms with Gasteiger partial charge < -0.3 is 15.6 Å². The van der Waals surface area contributed by atoms with Crippen molar-refractivity contribution in [3.8, 4) is 17.1 Å². The lowest BCUT2D eigenvalue weighted by atomic mass is 9.52. The molecule has 2 aromatic heterocycles. The smallest absolute Gasteiger partial charge is 0.240 e. The van der Waals surface area contributed by atoms with E-state index < -0.39 is 11.9 Å². The summed E-state index contributed by atoms with van der Waals surface area (Å²) >= 11 is 12.5. The fourth-order valence-corrected chi connectivity index (χ4v) is 5.79. The first-order valence-corrected chi connectivity index (χ1v) is 13.9. The van der Waals surface area contributed by atoms with E-state index in [9.17, 15) is 9.59 Å². The summed E-state index contributed by atoms with van der Waals surface area (Å²) in [4.78, 5) is 25.1. The molecular weight excluding hydrogens is 549 g/mol. The molecule has 2 amide bonds. The van der Waals surface area contributed by atoms with Crippen LogP contribution in [0.1, 0.15) is 49.6 Å². The van der Waals surface area contributed by atoms with Crippen LogP contribution < -0.4 is 11.1 Å². The molecule has 1 saturated carbocycles. The van der Waals surface area contributed by atoms with E-state index in [-0.39, 0.29) is 29.6 Å². The topological polar surface area (TPSA) is 116 Å². The van der Waals surface area contributed by atoms with Crippen molar-refractivity contribution >= 4 is 35.0 Å². The van der Waals surface area contributed by atoms with Crippen molar-refractivity contribution in [1.82, 2.24) is 20.3 Å². The third kappa shape index (κ3) is 5.64. The number of benzene rings is 2. The van der Waals surface area contributed by atoms with Gasteiger partial charge in [-0.25, -0.2) is 4.68 Å². The van der Waals surface area contributed by atoms with E-state index >= 15 is 0 Å². The van der Waals surface area contributed by atoms with E-state index in [1.165, 1.54) is 0 Å². The minimum Gasteiger partial charge on any atom is -0.368 e. The van der Waals surface area contributed by atoms with Crippen LogP contribution >= 0.6 is 23.2 Å². The van der Waals surface area contributed by atoms with Gasteiger partial charge in [-0.3, -0.25) is 9.59 Å². The van der Waals surface area contributed by atoms with E-state index in [1.54, 1.807) is 12.1 Å². The number of aromatic nitrogens is 3. The second-order valence-corrected chi connectivity index (χ2v) is 11.8. The van der Waals surface area contributed by atoms with Gasteiger partial charge in [0.25, 0.3) is 0 Å². The molecule has 1 aliphatic carbocycles. The molecule has 3 atom stereocenters. The van der Waals surface area contributed by atoms with Gasteiger partial charge in [-0.1, -0.05) is 72.5 Å². The number of aryl methyl sites for hydroxylation is 1. The lowest BCUT2D eigenvalue weighted by Gasteiger charge is -2.52. The molecule has 2 aromatic carbocycles. The second-order valence-electron chi connectivity index (χ2n) is 11.0. The lowest BCUT2D eigenvalue weighted by molar-refractivity contribution is -0.130. The van der Waals surface area contributed by atoms with Gasteiger partial charge in [0.05, 0.1) is 15.7 Å². The Balaban J connectivity index is 1.35. The van der Waals surface area contributed by atoms with Crippen LogP contribution in [0.4, 0.5) is 0 Å². The number of rotatable bonds is 9. The first-order chi connectivity index (χ1) is 19.0. The Kier molecular flexibility index (Phi) is 7.75. The zero-order valence-corrected chi connectivity index (χ0v) is 24.0. The van der Waals surface area contributed by atoms with Crippen molar-refractivity contribution in [2.45, 2.75) is 52.0 Å². The monoisotopic (exact) mass is 579 g/mol. The molecule has 8 nitrogen and oxygen atoms in total. The molecule has 0 spiro atoms. The predicted octanol–water partition coefficient (Wildman–Crippen LogP) is 5.88. The molecule has 40 heavy (non-hydrogen) atoms. The van der Waals surface area contributed by atoms with Crippen molar-refractivity contribution in [3.63, 3.8) is 0 Å². The van der Waals surface area contributed by atoms with E-state index in [0.29, 0.717) is 33.6 Å². The molecule has 2 heterocycles. The number of nitrogens with zero attached hydrogens (tertiary/aromatic N) is 3. The number of nitrogens with one attached hydrogen (secondary N) is 1. The lowest BCUT2D eigenvalue weighted by Crippen LogP contribution is -2.49. The first-order valence-electron chi connectivity index (χ1n) is 13.1. The summed E-state index contributed by atoms with van der Waals surface area (Å²) in [6, 6.07) is 18.0. The van der Waals surface area contributed by atoms with Gasteiger partial charge in [0.15, 0.2) is 0 Å². The van der Waals surface area contributed by atoms with Crippen molar-refractivity contribution in [3.05, 3.63) is 87.7 Å². The summed E-state index contributed by atoms with van der Waals surface area (Å²) < 4.78 is 7.15. The minimum absolute atomic E-state index is 0.0950. The molecule has 0 unspecified atom stereocenters. The molecule has 0 bridgehead atoms. The van der Waals surface area contributed by atoms with Crippen LogP contribution in [0.2, 0.25) is 10.0 Å². The Bertz CT molecular complexity index is 1550. The summed E-state index contributed by atoms with van der Waals surface area (Å²) in [6.45, 7) is 6.14. The predicted molar refractivity (Wildman–Crippen MR) is 154 cm³/mol. The molecule has 0 saturated heterocycles. The molecule has 1 aliphatic rings. The quantitative estimate of drug-likeness (QED) is 0.257. The van der Waals surface area contributed by atoms with Gasteiger partial charge >= 0.3 is 0 Å². The molecule has 0 radical (unpaired) electrons. The van der Waals surface area contributed by atoms with Crippen LogP contribution in [-0.2, 0) is 16.0 Å². The highest BCUT2D eigenvalue weighted by Crippen LogP contribution is 2.58. The van der Waals surface area contributed by atoms with E-state index in [1.807, 2.05) is 60.1 Å². The number of primary amides is 1. The van der Waals surface area contributed by atoms with Crippen LogP contribution in [0, 0.1) is 18.3 Å². The van der Waals surface area contributed by atoms with E-state index in [4.69, 9.17) is 38.6 Å². The summed E-state index contributed by atoms with van der Waals surface area (Å²) in [5.74, 6) is 0.150. The van der Waals surface area contributed by atoms with E-state index in [0.717, 1.165) is 23.4 Å². The molecule has 4 aromatic rings. The van der Waals surface area contributed by atoms with Crippen LogP contribution in [0.3, 0.4) is 0 Å². The molecule has 0 aliphatic heterocycles. The molecule has 208 valence electrons. The third-order valence-electron chi connectivity index (χ3n) is 8.00. The first kappa shape index (κ1) is 27.9.